The molecule has 8 heteroatoms. The minimum Gasteiger partial charge on any atom is -0.465 e. The average Bonchev–Trinajstić information content (AvgIpc) is 2.89. The highest BCUT2D eigenvalue weighted by Gasteiger charge is 2.38. The number of rotatable bonds is 6. The van der Waals surface area contributed by atoms with Crippen LogP contribution in [0.5, 0.6) is 0 Å². The van der Waals surface area contributed by atoms with E-state index < -0.39 is 24.2 Å². The first-order valence-corrected chi connectivity index (χ1v) is 10.2. The lowest BCUT2D eigenvalue weighted by molar-refractivity contribution is -0.134. The fourth-order valence-electron chi connectivity index (χ4n) is 3.73. The number of likely N-dealkylation sites (N-methyl/N-ethyl adjacent to an activating group) is 1. The summed E-state index contributed by atoms with van der Waals surface area (Å²) in [5.74, 6) is -0.820. The molecule has 2 N–H and O–H groups in total. The average molecular weight is 422 g/mol. The number of carbonyl (C=O) groups excluding carboxylic acids is 2. The van der Waals surface area contributed by atoms with Gasteiger partial charge in [-0.25, -0.2) is 9.79 Å². The fourth-order valence-corrected chi connectivity index (χ4v) is 3.73. The third-order valence-corrected chi connectivity index (χ3v) is 5.28. The van der Waals surface area contributed by atoms with Crippen molar-refractivity contribution in [3.63, 3.8) is 0 Å². The van der Waals surface area contributed by atoms with Crippen molar-refractivity contribution in [2.45, 2.75) is 33.0 Å². The van der Waals surface area contributed by atoms with Gasteiger partial charge >= 0.3 is 6.09 Å². The number of hydrogen-bond acceptors (Lipinski definition) is 4. The van der Waals surface area contributed by atoms with Crippen molar-refractivity contribution in [3.8, 4) is 0 Å². The van der Waals surface area contributed by atoms with E-state index in [1.807, 2.05) is 56.3 Å². The van der Waals surface area contributed by atoms with Gasteiger partial charge in [-0.3, -0.25) is 19.8 Å². The largest absolute Gasteiger partial charge is 0.465 e. The van der Waals surface area contributed by atoms with E-state index in [0.717, 1.165) is 5.56 Å². The molecule has 1 aliphatic rings. The van der Waals surface area contributed by atoms with Gasteiger partial charge in [0, 0.05) is 24.2 Å². The van der Waals surface area contributed by atoms with Gasteiger partial charge in [0.15, 0.2) is 0 Å². The number of nitrogens with one attached hydrogen (secondary N) is 1. The zero-order chi connectivity index (χ0) is 22.5. The summed E-state index contributed by atoms with van der Waals surface area (Å²) in [5.41, 5.74) is 2.38. The van der Waals surface area contributed by atoms with Crippen molar-refractivity contribution in [1.82, 2.24) is 10.2 Å². The molecule has 3 amide bonds. The molecule has 1 heterocycles. The van der Waals surface area contributed by atoms with Crippen LogP contribution in [0, 0.1) is 0 Å². The number of para-hydroxylation sites is 1. The quantitative estimate of drug-likeness (QED) is 0.747. The first kappa shape index (κ1) is 22.0. The van der Waals surface area contributed by atoms with Gasteiger partial charge in [-0.1, -0.05) is 48.5 Å². The number of nitrogens with zero attached hydrogens (tertiary/aromatic N) is 3. The van der Waals surface area contributed by atoms with Crippen LogP contribution in [0.25, 0.3) is 0 Å². The third-order valence-electron chi connectivity index (χ3n) is 5.28. The Labute approximate surface area is 181 Å². The number of benzodiazepines with no additional fused rings is 1. The molecular weight excluding hydrogens is 396 g/mol. The van der Waals surface area contributed by atoms with Crippen LogP contribution in [-0.2, 0) is 9.59 Å². The zero-order valence-corrected chi connectivity index (χ0v) is 17.8. The van der Waals surface area contributed by atoms with Crippen molar-refractivity contribution in [3.05, 3.63) is 65.7 Å². The predicted octanol–water partition coefficient (Wildman–Crippen LogP) is 2.72. The Morgan fingerprint density at radius 2 is 1.71 bits per heavy atom. The lowest BCUT2D eigenvalue weighted by Crippen LogP contribution is -2.55. The first-order valence-electron chi connectivity index (χ1n) is 10.2. The molecule has 0 spiro atoms. The van der Waals surface area contributed by atoms with Gasteiger partial charge in [0.25, 0.3) is 5.91 Å². The summed E-state index contributed by atoms with van der Waals surface area (Å²) in [7, 11) is 0. The van der Waals surface area contributed by atoms with E-state index in [2.05, 4.69) is 10.3 Å². The second kappa shape index (κ2) is 9.42. The predicted molar refractivity (Wildman–Crippen MR) is 118 cm³/mol. The zero-order valence-electron chi connectivity index (χ0n) is 17.8. The Bertz CT molecular complexity index is 1000. The molecular formula is C23H26N4O4. The first-order chi connectivity index (χ1) is 14.9. The second-order valence-corrected chi connectivity index (χ2v) is 7.11. The molecule has 162 valence electrons. The molecule has 2 aromatic rings. The topological polar surface area (TPSA) is 102 Å². The minimum atomic E-state index is -1.38. The third kappa shape index (κ3) is 4.42. The Morgan fingerprint density at radius 1 is 1.10 bits per heavy atom. The molecule has 0 saturated carbocycles. The Hall–Kier alpha value is -3.68. The standard InChI is InChI=1S/C23H26N4O4/c1-4-26(5-2)21(28)15(3)27-18-14-10-9-13-17(18)19(16-11-7-6-8-12-16)24-20(22(27)29)25-23(30)31/h6-15,20,25H,4-5H2,1-3H3,(H,30,31). The molecule has 2 unspecified atom stereocenters. The van der Waals surface area contributed by atoms with Crippen molar-refractivity contribution in [1.29, 1.82) is 0 Å². The van der Waals surface area contributed by atoms with Gasteiger partial charge in [-0.15, -0.1) is 0 Å². The van der Waals surface area contributed by atoms with Crippen LogP contribution in [0.2, 0.25) is 0 Å². The van der Waals surface area contributed by atoms with Crippen LogP contribution in [-0.4, -0.2) is 58.9 Å². The molecule has 8 nitrogen and oxygen atoms in total. The van der Waals surface area contributed by atoms with Crippen LogP contribution >= 0.6 is 0 Å². The molecule has 2 atom stereocenters. The minimum absolute atomic E-state index is 0.217. The van der Waals surface area contributed by atoms with Crippen molar-refractivity contribution >= 4 is 29.3 Å². The van der Waals surface area contributed by atoms with E-state index in [1.54, 1.807) is 24.0 Å². The molecule has 3 rings (SSSR count). The van der Waals surface area contributed by atoms with Gasteiger partial charge < -0.3 is 10.0 Å². The maximum absolute atomic E-state index is 13.5. The highest BCUT2D eigenvalue weighted by Crippen LogP contribution is 2.30. The Kier molecular flexibility index (Phi) is 6.69. The van der Waals surface area contributed by atoms with Gasteiger partial charge in [-0.05, 0) is 26.8 Å². The molecule has 0 saturated heterocycles. The monoisotopic (exact) mass is 422 g/mol. The maximum atomic E-state index is 13.5. The molecule has 0 fully saturated rings. The summed E-state index contributed by atoms with van der Waals surface area (Å²) in [6.07, 6.45) is -2.75. The van der Waals surface area contributed by atoms with E-state index >= 15 is 0 Å². The van der Waals surface area contributed by atoms with Crippen LogP contribution in [0.3, 0.4) is 0 Å². The Balaban J connectivity index is 2.19. The second-order valence-electron chi connectivity index (χ2n) is 7.11. The van der Waals surface area contributed by atoms with Crippen LogP contribution in [0.4, 0.5) is 10.5 Å². The lowest BCUT2D eigenvalue weighted by atomic mass is 9.99. The summed E-state index contributed by atoms with van der Waals surface area (Å²) < 4.78 is 0. The van der Waals surface area contributed by atoms with E-state index in [-0.39, 0.29) is 5.91 Å². The van der Waals surface area contributed by atoms with Crippen LogP contribution in [0.1, 0.15) is 31.9 Å². The number of benzene rings is 2. The SMILES string of the molecule is CCN(CC)C(=O)C(C)N1C(=O)C(NC(=O)O)N=C(c2ccccc2)c2ccccc21. The van der Waals surface area contributed by atoms with Gasteiger partial charge in [0.05, 0.1) is 11.4 Å². The van der Waals surface area contributed by atoms with Crippen molar-refractivity contribution in [2.75, 3.05) is 18.0 Å². The smallest absolute Gasteiger partial charge is 0.406 e. The summed E-state index contributed by atoms with van der Waals surface area (Å²) in [5, 5.41) is 11.5. The molecule has 1 aliphatic heterocycles. The Morgan fingerprint density at radius 3 is 2.32 bits per heavy atom. The maximum Gasteiger partial charge on any atom is 0.406 e. The lowest BCUT2D eigenvalue weighted by Gasteiger charge is -2.33. The number of carboxylic acid groups (broad SMARTS) is 1. The van der Waals surface area contributed by atoms with Crippen molar-refractivity contribution < 1.29 is 19.5 Å². The van der Waals surface area contributed by atoms with Gasteiger partial charge in [0.1, 0.15) is 6.04 Å². The number of aliphatic imine (C=N–C) groups is 1. The molecule has 0 aliphatic carbocycles. The highest BCUT2D eigenvalue weighted by atomic mass is 16.4. The highest BCUT2D eigenvalue weighted by molar-refractivity contribution is 6.21. The van der Waals surface area contributed by atoms with E-state index in [0.29, 0.717) is 30.1 Å². The number of anilines is 1. The van der Waals surface area contributed by atoms with E-state index in [4.69, 9.17) is 0 Å². The summed E-state index contributed by atoms with van der Waals surface area (Å²) in [6, 6.07) is 15.6. The number of hydrogen-bond donors (Lipinski definition) is 2. The van der Waals surface area contributed by atoms with E-state index in [9.17, 15) is 19.5 Å². The molecule has 0 bridgehead atoms. The summed E-state index contributed by atoms with van der Waals surface area (Å²) in [4.78, 5) is 45.5. The normalized spacial score (nSPS) is 16.6. The molecule has 0 radical (unpaired) electrons. The summed E-state index contributed by atoms with van der Waals surface area (Å²) >= 11 is 0. The van der Waals surface area contributed by atoms with E-state index in [1.165, 1.54) is 4.90 Å². The number of carbonyl (C=O) groups is 3. The van der Waals surface area contributed by atoms with Gasteiger partial charge in [0.2, 0.25) is 12.1 Å². The number of amides is 3. The molecule has 31 heavy (non-hydrogen) atoms. The summed E-state index contributed by atoms with van der Waals surface area (Å²) in [6.45, 7) is 6.41. The van der Waals surface area contributed by atoms with Crippen LogP contribution in [0.15, 0.2) is 59.6 Å². The fraction of sp³-hybridized carbons (Fsp3) is 0.304. The molecule has 2 aromatic carbocycles. The van der Waals surface area contributed by atoms with Gasteiger partial charge in [-0.2, -0.15) is 0 Å². The van der Waals surface area contributed by atoms with Crippen LogP contribution < -0.4 is 10.2 Å². The molecule has 0 aromatic heterocycles. The van der Waals surface area contributed by atoms with Crippen molar-refractivity contribution in [2.24, 2.45) is 4.99 Å². The number of fused-ring (bicyclic) bond motifs is 1.